The van der Waals surface area contributed by atoms with Gasteiger partial charge in [-0.25, -0.2) is 4.98 Å². The van der Waals surface area contributed by atoms with E-state index in [1.54, 1.807) is 11.8 Å². The van der Waals surface area contributed by atoms with Crippen molar-refractivity contribution in [3.8, 4) is 0 Å². The lowest BCUT2D eigenvalue weighted by Crippen LogP contribution is -2.18. The first-order valence-corrected chi connectivity index (χ1v) is 6.22. The summed E-state index contributed by atoms with van der Waals surface area (Å²) in [6, 6.07) is 5.96. The van der Waals surface area contributed by atoms with E-state index in [0.717, 1.165) is 23.9 Å². The SMILES string of the molecule is C=C(CNCCC)CSc1ccccn1. The van der Waals surface area contributed by atoms with E-state index in [1.165, 1.54) is 12.0 Å². The van der Waals surface area contributed by atoms with E-state index >= 15 is 0 Å². The molecular formula is C12H18N2S. The summed E-state index contributed by atoms with van der Waals surface area (Å²) in [5.41, 5.74) is 1.22. The van der Waals surface area contributed by atoms with Crippen LogP contribution in [0.25, 0.3) is 0 Å². The predicted molar refractivity (Wildman–Crippen MR) is 67.3 cm³/mol. The Kier molecular flexibility index (Phi) is 6.12. The highest BCUT2D eigenvalue weighted by atomic mass is 32.2. The van der Waals surface area contributed by atoms with Gasteiger partial charge in [-0.2, -0.15) is 0 Å². The minimum Gasteiger partial charge on any atom is -0.313 e. The molecule has 0 spiro atoms. The first-order valence-electron chi connectivity index (χ1n) is 5.24. The average molecular weight is 222 g/mol. The number of aromatic nitrogens is 1. The number of thioether (sulfide) groups is 1. The van der Waals surface area contributed by atoms with Crippen LogP contribution >= 0.6 is 11.8 Å². The molecule has 1 heterocycles. The van der Waals surface area contributed by atoms with Gasteiger partial charge in [0.1, 0.15) is 0 Å². The van der Waals surface area contributed by atoms with Crippen LogP contribution in [0.3, 0.4) is 0 Å². The average Bonchev–Trinajstić information content (AvgIpc) is 2.28. The number of nitrogens with one attached hydrogen (secondary N) is 1. The van der Waals surface area contributed by atoms with Gasteiger partial charge in [-0.1, -0.05) is 25.1 Å². The monoisotopic (exact) mass is 222 g/mol. The quantitative estimate of drug-likeness (QED) is 0.436. The maximum absolute atomic E-state index is 4.25. The summed E-state index contributed by atoms with van der Waals surface area (Å²) in [5, 5.41) is 4.40. The second-order valence-corrected chi connectivity index (χ2v) is 4.38. The molecule has 0 aliphatic heterocycles. The standard InChI is InChI=1S/C12H18N2S/c1-3-7-13-9-11(2)10-15-12-6-4-5-8-14-12/h4-6,8,13H,2-3,7,9-10H2,1H3. The van der Waals surface area contributed by atoms with Gasteiger partial charge in [0.25, 0.3) is 0 Å². The van der Waals surface area contributed by atoms with Crippen LogP contribution in [0.2, 0.25) is 0 Å². The lowest BCUT2D eigenvalue weighted by atomic mass is 10.3. The Morgan fingerprint density at radius 2 is 2.40 bits per heavy atom. The molecule has 0 unspecified atom stereocenters. The molecule has 2 nitrogen and oxygen atoms in total. The molecule has 3 heteroatoms. The molecule has 1 aromatic heterocycles. The van der Waals surface area contributed by atoms with E-state index in [0.29, 0.717) is 0 Å². The Hall–Kier alpha value is -0.800. The van der Waals surface area contributed by atoms with E-state index in [1.807, 2.05) is 24.4 Å². The van der Waals surface area contributed by atoms with Crippen LogP contribution in [0.1, 0.15) is 13.3 Å². The fourth-order valence-electron chi connectivity index (χ4n) is 1.10. The number of pyridine rings is 1. The Labute approximate surface area is 96.2 Å². The van der Waals surface area contributed by atoms with Gasteiger partial charge in [0.2, 0.25) is 0 Å². The van der Waals surface area contributed by atoms with Crippen LogP contribution in [0.5, 0.6) is 0 Å². The summed E-state index contributed by atoms with van der Waals surface area (Å²) in [6.45, 7) is 8.17. The molecule has 0 bridgehead atoms. The van der Waals surface area contributed by atoms with E-state index < -0.39 is 0 Å². The van der Waals surface area contributed by atoms with Crippen molar-refractivity contribution in [2.45, 2.75) is 18.4 Å². The second kappa shape index (κ2) is 7.49. The number of hydrogen-bond donors (Lipinski definition) is 1. The van der Waals surface area contributed by atoms with Gasteiger partial charge in [-0.3, -0.25) is 0 Å². The number of nitrogens with zero attached hydrogens (tertiary/aromatic N) is 1. The minimum atomic E-state index is 0.910. The first-order chi connectivity index (χ1) is 7.33. The molecule has 0 fully saturated rings. The highest BCUT2D eigenvalue weighted by Crippen LogP contribution is 2.16. The summed E-state index contributed by atoms with van der Waals surface area (Å²) < 4.78 is 0. The third kappa shape index (κ3) is 5.60. The summed E-state index contributed by atoms with van der Waals surface area (Å²) in [5.74, 6) is 0.938. The molecule has 0 aliphatic rings. The zero-order chi connectivity index (χ0) is 10.9. The topological polar surface area (TPSA) is 24.9 Å². The molecular weight excluding hydrogens is 204 g/mol. The van der Waals surface area contributed by atoms with Gasteiger partial charge in [0.15, 0.2) is 0 Å². The number of rotatable bonds is 7. The molecule has 1 rings (SSSR count). The maximum atomic E-state index is 4.25. The van der Waals surface area contributed by atoms with Crippen LogP contribution in [0.15, 0.2) is 41.6 Å². The normalized spacial score (nSPS) is 10.2. The fourth-order valence-corrected chi connectivity index (χ4v) is 1.87. The van der Waals surface area contributed by atoms with E-state index in [-0.39, 0.29) is 0 Å². The van der Waals surface area contributed by atoms with Crippen molar-refractivity contribution in [3.05, 3.63) is 36.5 Å². The van der Waals surface area contributed by atoms with Crippen LogP contribution in [0.4, 0.5) is 0 Å². The van der Waals surface area contributed by atoms with Crippen molar-refractivity contribution in [1.29, 1.82) is 0 Å². The first kappa shape index (κ1) is 12.3. The third-order valence-electron chi connectivity index (χ3n) is 1.86. The van der Waals surface area contributed by atoms with Crippen molar-refractivity contribution in [2.24, 2.45) is 0 Å². The highest BCUT2D eigenvalue weighted by Gasteiger charge is 1.97. The molecule has 0 saturated carbocycles. The Morgan fingerprint density at radius 1 is 1.53 bits per heavy atom. The summed E-state index contributed by atoms with van der Waals surface area (Å²) >= 11 is 1.74. The minimum absolute atomic E-state index is 0.910. The van der Waals surface area contributed by atoms with Crippen LogP contribution < -0.4 is 5.32 Å². The molecule has 0 saturated heterocycles. The number of hydrogen-bond acceptors (Lipinski definition) is 3. The van der Waals surface area contributed by atoms with Crippen molar-refractivity contribution >= 4 is 11.8 Å². The fraction of sp³-hybridized carbons (Fsp3) is 0.417. The lowest BCUT2D eigenvalue weighted by Gasteiger charge is -2.06. The molecule has 1 aromatic rings. The van der Waals surface area contributed by atoms with Gasteiger partial charge < -0.3 is 5.32 Å². The third-order valence-corrected chi connectivity index (χ3v) is 2.95. The maximum Gasteiger partial charge on any atom is 0.0962 e. The summed E-state index contributed by atoms with van der Waals surface area (Å²) in [6.07, 6.45) is 2.99. The molecule has 0 amide bonds. The van der Waals surface area contributed by atoms with Crippen molar-refractivity contribution in [3.63, 3.8) is 0 Å². The molecule has 0 atom stereocenters. The summed E-state index contributed by atoms with van der Waals surface area (Å²) in [4.78, 5) is 4.25. The Bertz CT molecular complexity index is 285. The van der Waals surface area contributed by atoms with Crippen molar-refractivity contribution < 1.29 is 0 Å². The van der Waals surface area contributed by atoms with Crippen LogP contribution in [-0.4, -0.2) is 23.8 Å². The molecule has 0 radical (unpaired) electrons. The molecule has 82 valence electrons. The zero-order valence-electron chi connectivity index (χ0n) is 9.20. The van der Waals surface area contributed by atoms with Gasteiger partial charge in [-0.15, -0.1) is 11.8 Å². The van der Waals surface area contributed by atoms with E-state index in [2.05, 4.69) is 23.8 Å². The molecule has 0 aliphatic carbocycles. The molecule has 0 aromatic carbocycles. The van der Waals surface area contributed by atoms with Gasteiger partial charge in [-0.05, 0) is 25.1 Å². The van der Waals surface area contributed by atoms with E-state index in [4.69, 9.17) is 0 Å². The van der Waals surface area contributed by atoms with E-state index in [9.17, 15) is 0 Å². The lowest BCUT2D eigenvalue weighted by molar-refractivity contribution is 0.716. The largest absolute Gasteiger partial charge is 0.313 e. The highest BCUT2D eigenvalue weighted by molar-refractivity contribution is 7.99. The van der Waals surface area contributed by atoms with Gasteiger partial charge in [0, 0.05) is 18.5 Å². The van der Waals surface area contributed by atoms with Crippen LogP contribution in [0, 0.1) is 0 Å². The molecule has 15 heavy (non-hydrogen) atoms. The predicted octanol–water partition coefficient (Wildman–Crippen LogP) is 2.73. The zero-order valence-corrected chi connectivity index (χ0v) is 10.0. The molecule has 1 N–H and O–H groups in total. The van der Waals surface area contributed by atoms with Gasteiger partial charge in [0.05, 0.1) is 5.03 Å². The van der Waals surface area contributed by atoms with Gasteiger partial charge >= 0.3 is 0 Å². The van der Waals surface area contributed by atoms with Crippen molar-refractivity contribution in [1.82, 2.24) is 10.3 Å². The smallest absolute Gasteiger partial charge is 0.0962 e. The Morgan fingerprint density at radius 3 is 3.07 bits per heavy atom. The Balaban J connectivity index is 2.17. The second-order valence-electron chi connectivity index (χ2n) is 3.38. The summed E-state index contributed by atoms with van der Waals surface area (Å²) in [7, 11) is 0. The van der Waals surface area contributed by atoms with Crippen molar-refractivity contribution in [2.75, 3.05) is 18.8 Å². The van der Waals surface area contributed by atoms with Crippen LogP contribution in [-0.2, 0) is 0 Å².